The van der Waals surface area contributed by atoms with E-state index in [0.717, 1.165) is 27.5 Å². The lowest BCUT2D eigenvalue weighted by atomic mass is 10.1. The quantitative estimate of drug-likeness (QED) is 0.886. The van der Waals surface area contributed by atoms with E-state index in [1.807, 2.05) is 25.2 Å². The van der Waals surface area contributed by atoms with Crippen LogP contribution in [0, 0.1) is 5.92 Å². The summed E-state index contributed by atoms with van der Waals surface area (Å²) in [6.07, 6.45) is 0.999. The van der Waals surface area contributed by atoms with Gasteiger partial charge in [0.2, 0.25) is 0 Å². The Labute approximate surface area is 131 Å². The molecule has 0 bridgehead atoms. The number of carbonyl (C=O) groups excluding carboxylic acids is 1. The maximum absolute atomic E-state index is 12.5. The summed E-state index contributed by atoms with van der Waals surface area (Å²) in [5, 5.41) is 0.949. The van der Waals surface area contributed by atoms with Crippen molar-refractivity contribution in [1.29, 1.82) is 0 Å². The van der Waals surface area contributed by atoms with Crippen LogP contribution in [-0.4, -0.2) is 24.4 Å². The van der Waals surface area contributed by atoms with Crippen LogP contribution in [0.1, 0.15) is 29.9 Å². The number of fused-ring (bicyclic) bond motifs is 1. The Morgan fingerprint density at radius 2 is 2.15 bits per heavy atom. The predicted octanol–water partition coefficient (Wildman–Crippen LogP) is 4.36. The molecule has 0 aliphatic carbocycles. The zero-order valence-electron chi connectivity index (χ0n) is 11.9. The number of halogens is 1. The Balaban J connectivity index is 2.28. The maximum atomic E-state index is 12.5. The Bertz CT molecular complexity index is 636. The molecule has 0 unspecified atom stereocenters. The Hall–Kier alpha value is -1.07. The Morgan fingerprint density at radius 1 is 1.45 bits per heavy atom. The fourth-order valence-electron chi connectivity index (χ4n) is 1.97. The zero-order valence-corrected chi connectivity index (χ0v) is 14.3. The lowest BCUT2D eigenvalue weighted by Crippen LogP contribution is -2.28. The van der Waals surface area contributed by atoms with E-state index in [4.69, 9.17) is 5.73 Å². The lowest BCUT2D eigenvalue weighted by molar-refractivity contribution is 0.0795. The highest BCUT2D eigenvalue weighted by Gasteiger charge is 2.19. The first-order chi connectivity index (χ1) is 9.40. The van der Waals surface area contributed by atoms with Crippen molar-refractivity contribution in [2.24, 2.45) is 5.92 Å². The van der Waals surface area contributed by atoms with Crippen LogP contribution in [-0.2, 0) is 0 Å². The summed E-state index contributed by atoms with van der Waals surface area (Å²) < 4.78 is 2.02. The summed E-state index contributed by atoms with van der Waals surface area (Å²) in [4.78, 5) is 14.9. The van der Waals surface area contributed by atoms with E-state index in [1.54, 1.807) is 4.90 Å². The second-order valence-electron chi connectivity index (χ2n) is 5.39. The summed E-state index contributed by atoms with van der Waals surface area (Å²) in [5.74, 6) is 0.599. The molecule has 0 aliphatic rings. The number of nitrogens with two attached hydrogens (primary N) is 1. The predicted molar refractivity (Wildman–Crippen MR) is 90.4 cm³/mol. The molecule has 2 N–H and O–H groups in total. The van der Waals surface area contributed by atoms with Crippen LogP contribution in [0.4, 0.5) is 5.69 Å². The molecule has 3 nitrogen and oxygen atoms in total. The fourth-order valence-corrected chi connectivity index (χ4v) is 3.43. The highest BCUT2D eigenvalue weighted by Crippen LogP contribution is 2.35. The zero-order chi connectivity index (χ0) is 14.9. The van der Waals surface area contributed by atoms with Crippen LogP contribution >= 0.6 is 27.3 Å². The average Bonchev–Trinajstić information content (AvgIpc) is 2.72. The van der Waals surface area contributed by atoms with Crippen molar-refractivity contribution in [3.63, 3.8) is 0 Å². The second kappa shape index (κ2) is 6.14. The van der Waals surface area contributed by atoms with Gasteiger partial charge in [0.05, 0.1) is 5.69 Å². The van der Waals surface area contributed by atoms with Gasteiger partial charge in [-0.2, -0.15) is 0 Å². The third kappa shape index (κ3) is 3.15. The Morgan fingerprint density at radius 3 is 2.80 bits per heavy atom. The highest BCUT2D eigenvalue weighted by atomic mass is 79.9. The van der Waals surface area contributed by atoms with E-state index in [9.17, 15) is 4.79 Å². The van der Waals surface area contributed by atoms with Crippen LogP contribution in [0.5, 0.6) is 0 Å². The largest absolute Gasteiger partial charge is 0.397 e. The number of nitrogen functional groups attached to an aromatic ring is 1. The van der Waals surface area contributed by atoms with Crippen molar-refractivity contribution >= 4 is 48.9 Å². The summed E-state index contributed by atoms with van der Waals surface area (Å²) in [7, 11) is 1.84. The molecule has 5 heteroatoms. The minimum absolute atomic E-state index is 0.0143. The lowest BCUT2D eigenvalue weighted by Gasteiger charge is -2.17. The summed E-state index contributed by atoms with van der Waals surface area (Å²) in [6, 6.07) is 5.92. The van der Waals surface area contributed by atoms with Crippen LogP contribution < -0.4 is 5.73 Å². The average molecular weight is 355 g/mol. The fraction of sp³-hybridized carbons (Fsp3) is 0.400. The van der Waals surface area contributed by atoms with Crippen molar-refractivity contribution in [3.05, 3.63) is 27.5 Å². The molecule has 0 atom stereocenters. The molecule has 1 aromatic carbocycles. The van der Waals surface area contributed by atoms with E-state index in [1.165, 1.54) is 11.3 Å². The molecular weight excluding hydrogens is 336 g/mol. The van der Waals surface area contributed by atoms with Crippen LogP contribution in [0.25, 0.3) is 10.1 Å². The van der Waals surface area contributed by atoms with Gasteiger partial charge >= 0.3 is 0 Å². The van der Waals surface area contributed by atoms with Crippen molar-refractivity contribution < 1.29 is 4.79 Å². The minimum atomic E-state index is 0.0143. The summed E-state index contributed by atoms with van der Waals surface area (Å²) in [5.41, 5.74) is 6.74. The molecule has 0 saturated heterocycles. The SMILES string of the molecule is CC(C)CCN(C)C(=O)c1sc2ccc(Br)cc2c1N. The molecule has 0 fully saturated rings. The molecule has 0 radical (unpaired) electrons. The van der Waals surface area contributed by atoms with Gasteiger partial charge in [0.25, 0.3) is 5.91 Å². The van der Waals surface area contributed by atoms with E-state index in [2.05, 4.69) is 29.8 Å². The standard InChI is InChI=1S/C15H19BrN2OS/c1-9(2)6-7-18(3)15(19)14-13(17)11-8-10(16)4-5-12(11)20-14/h4-5,8-9H,6-7,17H2,1-3H3. The maximum Gasteiger partial charge on any atom is 0.265 e. The smallest absolute Gasteiger partial charge is 0.265 e. The molecule has 108 valence electrons. The number of nitrogens with zero attached hydrogens (tertiary/aromatic N) is 1. The molecule has 2 rings (SSSR count). The van der Waals surface area contributed by atoms with Crippen molar-refractivity contribution in [2.75, 3.05) is 19.3 Å². The van der Waals surface area contributed by atoms with Gasteiger partial charge in [0, 0.05) is 28.2 Å². The van der Waals surface area contributed by atoms with Gasteiger partial charge in [-0.05, 0) is 30.5 Å². The molecule has 1 aromatic heterocycles. The number of rotatable bonds is 4. The molecule has 1 heterocycles. The van der Waals surface area contributed by atoms with Crippen molar-refractivity contribution in [3.8, 4) is 0 Å². The van der Waals surface area contributed by atoms with Gasteiger partial charge < -0.3 is 10.6 Å². The number of hydrogen-bond acceptors (Lipinski definition) is 3. The monoisotopic (exact) mass is 354 g/mol. The summed E-state index contributed by atoms with van der Waals surface area (Å²) in [6.45, 7) is 5.07. The third-order valence-corrected chi connectivity index (χ3v) is 4.94. The number of amides is 1. The number of thiophene rings is 1. The molecular formula is C15H19BrN2OS. The first kappa shape index (κ1) is 15.3. The van der Waals surface area contributed by atoms with Gasteiger partial charge in [0.1, 0.15) is 4.88 Å². The van der Waals surface area contributed by atoms with Gasteiger partial charge in [-0.3, -0.25) is 4.79 Å². The van der Waals surface area contributed by atoms with E-state index in [-0.39, 0.29) is 5.91 Å². The number of anilines is 1. The Kier molecular flexibility index (Phi) is 4.70. The van der Waals surface area contributed by atoms with E-state index < -0.39 is 0 Å². The number of hydrogen-bond donors (Lipinski definition) is 1. The molecule has 0 aliphatic heterocycles. The molecule has 0 saturated carbocycles. The third-order valence-electron chi connectivity index (χ3n) is 3.27. The van der Waals surface area contributed by atoms with Crippen molar-refractivity contribution in [1.82, 2.24) is 4.90 Å². The summed E-state index contributed by atoms with van der Waals surface area (Å²) >= 11 is 4.90. The molecule has 1 amide bonds. The second-order valence-corrected chi connectivity index (χ2v) is 7.36. The van der Waals surface area contributed by atoms with Gasteiger partial charge in [0.15, 0.2) is 0 Å². The first-order valence-electron chi connectivity index (χ1n) is 6.63. The normalized spacial score (nSPS) is 11.2. The molecule has 2 aromatic rings. The first-order valence-corrected chi connectivity index (χ1v) is 8.24. The molecule has 20 heavy (non-hydrogen) atoms. The van der Waals surface area contributed by atoms with Gasteiger partial charge in [-0.1, -0.05) is 29.8 Å². The van der Waals surface area contributed by atoms with Crippen LogP contribution in [0.3, 0.4) is 0 Å². The molecule has 0 spiro atoms. The van der Waals surface area contributed by atoms with Gasteiger partial charge in [-0.25, -0.2) is 0 Å². The van der Waals surface area contributed by atoms with E-state index >= 15 is 0 Å². The number of benzene rings is 1. The number of carbonyl (C=O) groups is 1. The minimum Gasteiger partial charge on any atom is -0.397 e. The topological polar surface area (TPSA) is 46.3 Å². The van der Waals surface area contributed by atoms with Crippen LogP contribution in [0.2, 0.25) is 0 Å². The van der Waals surface area contributed by atoms with E-state index in [0.29, 0.717) is 16.5 Å². The van der Waals surface area contributed by atoms with Gasteiger partial charge in [-0.15, -0.1) is 11.3 Å². The van der Waals surface area contributed by atoms with Crippen molar-refractivity contribution in [2.45, 2.75) is 20.3 Å². The highest BCUT2D eigenvalue weighted by molar-refractivity contribution is 9.10. The van der Waals surface area contributed by atoms with Crippen LogP contribution in [0.15, 0.2) is 22.7 Å².